The van der Waals surface area contributed by atoms with Crippen molar-refractivity contribution < 1.29 is 4.42 Å². The van der Waals surface area contributed by atoms with E-state index < -0.39 is 0 Å². The second-order valence-electron chi connectivity index (χ2n) is 4.23. The molecule has 0 saturated heterocycles. The maximum Gasteiger partial charge on any atom is 0.106 e. The molecule has 0 aliphatic heterocycles. The molecule has 0 saturated carbocycles. The summed E-state index contributed by atoms with van der Waals surface area (Å²) in [6.07, 6.45) is 2.73. The van der Waals surface area contributed by atoms with Crippen LogP contribution >= 0.6 is 0 Å². The van der Waals surface area contributed by atoms with E-state index in [2.05, 4.69) is 17.2 Å². The van der Waals surface area contributed by atoms with Gasteiger partial charge in [0.1, 0.15) is 11.5 Å². The molecule has 0 bridgehead atoms. The van der Waals surface area contributed by atoms with Crippen molar-refractivity contribution in [2.24, 2.45) is 5.73 Å². The van der Waals surface area contributed by atoms with Gasteiger partial charge in [0.2, 0.25) is 0 Å². The van der Waals surface area contributed by atoms with Gasteiger partial charge in [-0.2, -0.15) is 0 Å². The normalized spacial score (nSPS) is 12.9. The van der Waals surface area contributed by atoms with Crippen molar-refractivity contribution >= 4 is 0 Å². The predicted molar refractivity (Wildman–Crippen MR) is 64.5 cm³/mol. The quantitative estimate of drug-likeness (QED) is 0.877. The molecule has 0 spiro atoms. The molecule has 0 aromatic carbocycles. The van der Waals surface area contributed by atoms with Crippen LogP contribution in [0.5, 0.6) is 0 Å². The van der Waals surface area contributed by atoms with Gasteiger partial charge in [-0.25, -0.2) is 4.68 Å². The Kier molecular flexibility index (Phi) is 3.28. The minimum Gasteiger partial charge on any atom is -0.466 e. The molecule has 1 unspecified atom stereocenters. The number of nitrogens with two attached hydrogens (primary N) is 1. The van der Waals surface area contributed by atoms with Crippen LogP contribution in [0.4, 0.5) is 0 Å². The maximum atomic E-state index is 6.25. The number of nitrogens with zero attached hydrogens (tertiary/aromatic N) is 3. The van der Waals surface area contributed by atoms with Gasteiger partial charge in [-0.05, 0) is 26.3 Å². The number of hydrogen-bond acceptors (Lipinski definition) is 4. The van der Waals surface area contributed by atoms with E-state index in [4.69, 9.17) is 10.2 Å². The van der Waals surface area contributed by atoms with Crippen molar-refractivity contribution in [1.82, 2.24) is 15.0 Å². The zero-order valence-corrected chi connectivity index (χ0v) is 10.5. The number of aryl methyl sites for hydroxylation is 3. The highest BCUT2D eigenvalue weighted by Crippen LogP contribution is 2.24. The lowest BCUT2D eigenvalue weighted by Gasteiger charge is -2.11. The fraction of sp³-hybridized carbons (Fsp3) is 0.500. The van der Waals surface area contributed by atoms with E-state index >= 15 is 0 Å². The summed E-state index contributed by atoms with van der Waals surface area (Å²) in [6, 6.07) is 1.75. The van der Waals surface area contributed by atoms with Crippen LogP contribution in [0.3, 0.4) is 0 Å². The summed E-state index contributed by atoms with van der Waals surface area (Å²) < 4.78 is 7.36. The molecule has 2 aromatic heterocycles. The Morgan fingerprint density at radius 1 is 1.47 bits per heavy atom. The Bertz CT molecular complexity index is 500. The molecular weight excluding hydrogens is 216 g/mol. The standard InChI is InChI=1S/C12H18N4O/c1-4-5-16-11(7-14-15-16)12(13)10-6-8(2)17-9(10)3/h6-7,12H,4-5,13H2,1-3H3. The van der Waals surface area contributed by atoms with E-state index in [0.29, 0.717) is 0 Å². The lowest BCUT2D eigenvalue weighted by atomic mass is 10.1. The summed E-state index contributed by atoms with van der Waals surface area (Å²) in [7, 11) is 0. The average Bonchev–Trinajstić information content (AvgIpc) is 2.85. The maximum absolute atomic E-state index is 6.25. The zero-order valence-electron chi connectivity index (χ0n) is 10.5. The molecule has 0 fully saturated rings. The van der Waals surface area contributed by atoms with Crippen molar-refractivity contribution in [2.45, 2.75) is 39.8 Å². The van der Waals surface area contributed by atoms with Gasteiger partial charge in [-0.3, -0.25) is 0 Å². The Labute approximate surface area is 101 Å². The Morgan fingerprint density at radius 2 is 2.24 bits per heavy atom. The largest absolute Gasteiger partial charge is 0.466 e. The highest BCUT2D eigenvalue weighted by Gasteiger charge is 2.19. The fourth-order valence-electron chi connectivity index (χ4n) is 2.01. The van der Waals surface area contributed by atoms with Crippen molar-refractivity contribution in [3.63, 3.8) is 0 Å². The van der Waals surface area contributed by atoms with Crippen LogP contribution in [-0.2, 0) is 6.54 Å². The molecule has 2 N–H and O–H groups in total. The molecule has 0 radical (unpaired) electrons. The molecule has 5 nitrogen and oxygen atoms in total. The van der Waals surface area contributed by atoms with Crippen molar-refractivity contribution in [3.05, 3.63) is 35.0 Å². The molecule has 0 aliphatic carbocycles. The van der Waals surface area contributed by atoms with E-state index in [1.807, 2.05) is 24.6 Å². The van der Waals surface area contributed by atoms with Crippen molar-refractivity contribution in [3.8, 4) is 0 Å². The molecule has 17 heavy (non-hydrogen) atoms. The predicted octanol–water partition coefficient (Wildman–Crippen LogP) is 1.95. The molecule has 2 heterocycles. The number of furan rings is 1. The molecule has 2 aromatic rings. The van der Waals surface area contributed by atoms with Crippen LogP contribution in [0.25, 0.3) is 0 Å². The first-order valence-electron chi connectivity index (χ1n) is 5.84. The summed E-state index contributed by atoms with van der Waals surface area (Å²) in [6.45, 7) is 6.78. The molecule has 0 aliphatic rings. The monoisotopic (exact) mass is 234 g/mol. The third-order valence-corrected chi connectivity index (χ3v) is 2.82. The SMILES string of the molecule is CCCn1nncc1C(N)c1cc(C)oc1C. The lowest BCUT2D eigenvalue weighted by molar-refractivity contribution is 0.496. The average molecular weight is 234 g/mol. The zero-order chi connectivity index (χ0) is 12.4. The minimum absolute atomic E-state index is 0.228. The van der Waals surface area contributed by atoms with E-state index in [1.165, 1.54) is 0 Å². The fourth-order valence-corrected chi connectivity index (χ4v) is 2.01. The first kappa shape index (κ1) is 11.9. The van der Waals surface area contributed by atoms with Crippen LogP contribution in [0, 0.1) is 13.8 Å². The van der Waals surface area contributed by atoms with Crippen LogP contribution in [-0.4, -0.2) is 15.0 Å². The van der Waals surface area contributed by atoms with Crippen LogP contribution < -0.4 is 5.73 Å². The van der Waals surface area contributed by atoms with Gasteiger partial charge in [0, 0.05) is 12.1 Å². The highest BCUT2D eigenvalue weighted by atomic mass is 16.3. The summed E-state index contributed by atoms with van der Waals surface area (Å²) in [5.41, 5.74) is 8.17. The summed E-state index contributed by atoms with van der Waals surface area (Å²) in [5.74, 6) is 1.74. The molecule has 0 amide bonds. The van der Waals surface area contributed by atoms with E-state index in [9.17, 15) is 0 Å². The Balaban J connectivity index is 2.33. The van der Waals surface area contributed by atoms with Gasteiger partial charge in [-0.15, -0.1) is 5.10 Å². The Hall–Kier alpha value is -1.62. The molecule has 2 rings (SSSR count). The summed E-state index contributed by atoms with van der Waals surface area (Å²) >= 11 is 0. The molecule has 92 valence electrons. The number of aromatic nitrogens is 3. The van der Waals surface area contributed by atoms with E-state index in [1.54, 1.807) is 6.20 Å². The van der Waals surface area contributed by atoms with E-state index in [-0.39, 0.29) is 6.04 Å². The van der Waals surface area contributed by atoms with Gasteiger partial charge >= 0.3 is 0 Å². The second kappa shape index (κ2) is 4.71. The molecule has 5 heteroatoms. The van der Waals surface area contributed by atoms with Gasteiger partial charge in [0.05, 0.1) is 17.9 Å². The first-order chi connectivity index (χ1) is 8.13. The van der Waals surface area contributed by atoms with Gasteiger partial charge < -0.3 is 10.2 Å². The van der Waals surface area contributed by atoms with Gasteiger partial charge in [-0.1, -0.05) is 12.1 Å². The third-order valence-electron chi connectivity index (χ3n) is 2.82. The molecular formula is C12H18N4O. The minimum atomic E-state index is -0.228. The first-order valence-corrected chi connectivity index (χ1v) is 5.84. The third kappa shape index (κ3) is 2.24. The Morgan fingerprint density at radius 3 is 2.82 bits per heavy atom. The number of rotatable bonds is 4. The van der Waals surface area contributed by atoms with Crippen molar-refractivity contribution in [2.75, 3.05) is 0 Å². The topological polar surface area (TPSA) is 69.9 Å². The summed E-state index contributed by atoms with van der Waals surface area (Å²) in [5, 5.41) is 7.97. The van der Waals surface area contributed by atoms with Crippen LogP contribution in [0.2, 0.25) is 0 Å². The van der Waals surface area contributed by atoms with Crippen LogP contribution in [0.15, 0.2) is 16.7 Å². The van der Waals surface area contributed by atoms with Crippen molar-refractivity contribution in [1.29, 1.82) is 0 Å². The second-order valence-corrected chi connectivity index (χ2v) is 4.23. The smallest absolute Gasteiger partial charge is 0.106 e. The highest BCUT2D eigenvalue weighted by molar-refractivity contribution is 5.29. The molecule has 1 atom stereocenters. The van der Waals surface area contributed by atoms with Crippen LogP contribution in [0.1, 0.15) is 42.2 Å². The summed E-state index contributed by atoms with van der Waals surface area (Å²) in [4.78, 5) is 0. The number of hydrogen-bond donors (Lipinski definition) is 1. The van der Waals surface area contributed by atoms with Gasteiger partial charge in [0.15, 0.2) is 0 Å². The van der Waals surface area contributed by atoms with Gasteiger partial charge in [0.25, 0.3) is 0 Å². The van der Waals surface area contributed by atoms with E-state index in [0.717, 1.165) is 35.7 Å². The lowest BCUT2D eigenvalue weighted by Crippen LogP contribution is -2.17.